The van der Waals surface area contributed by atoms with Gasteiger partial charge in [0.25, 0.3) is 0 Å². The second kappa shape index (κ2) is 7.76. The number of nitrogens with one attached hydrogen (secondary N) is 1. The lowest BCUT2D eigenvalue weighted by molar-refractivity contribution is 0.0497. The molecule has 1 aromatic carbocycles. The standard InChI is InChI=1S/C17H27FN2O/c1-13(2)10-19-11-16-8-9-17(21-16)12-20(3)15-6-4-14(18)5-7-15/h4-7,13,16-17,19H,8-12H2,1-3H3. The van der Waals surface area contributed by atoms with Crippen LogP contribution >= 0.6 is 0 Å². The van der Waals surface area contributed by atoms with Gasteiger partial charge in [-0.1, -0.05) is 13.8 Å². The Morgan fingerprint density at radius 2 is 1.90 bits per heavy atom. The number of ether oxygens (including phenoxy) is 1. The molecule has 1 aliphatic heterocycles. The zero-order valence-corrected chi connectivity index (χ0v) is 13.3. The number of hydrogen-bond donors (Lipinski definition) is 1. The van der Waals surface area contributed by atoms with Crippen LogP contribution in [-0.4, -0.2) is 38.9 Å². The topological polar surface area (TPSA) is 24.5 Å². The SMILES string of the molecule is CC(C)CNCC1CCC(CN(C)c2ccc(F)cc2)O1. The zero-order chi connectivity index (χ0) is 15.2. The molecule has 0 aliphatic carbocycles. The van der Waals surface area contributed by atoms with Gasteiger partial charge in [0.2, 0.25) is 0 Å². The van der Waals surface area contributed by atoms with E-state index in [1.807, 2.05) is 19.2 Å². The molecule has 1 fully saturated rings. The van der Waals surface area contributed by atoms with Crippen LogP contribution in [-0.2, 0) is 4.74 Å². The highest BCUT2D eigenvalue weighted by Gasteiger charge is 2.25. The van der Waals surface area contributed by atoms with Crippen molar-refractivity contribution in [1.29, 1.82) is 0 Å². The summed E-state index contributed by atoms with van der Waals surface area (Å²) in [5.74, 6) is 0.479. The minimum Gasteiger partial charge on any atom is -0.372 e. The molecule has 1 N–H and O–H groups in total. The molecule has 1 heterocycles. The Kier molecular flexibility index (Phi) is 6.00. The number of hydrogen-bond acceptors (Lipinski definition) is 3. The molecule has 0 saturated carbocycles. The van der Waals surface area contributed by atoms with Gasteiger partial charge in [-0.05, 0) is 49.6 Å². The van der Waals surface area contributed by atoms with Crippen molar-refractivity contribution < 1.29 is 9.13 Å². The lowest BCUT2D eigenvalue weighted by atomic mass is 10.1. The van der Waals surface area contributed by atoms with Crippen molar-refractivity contribution in [3.8, 4) is 0 Å². The Bertz CT molecular complexity index is 421. The monoisotopic (exact) mass is 294 g/mol. The maximum atomic E-state index is 12.9. The first-order chi connectivity index (χ1) is 10.0. The Labute approximate surface area is 127 Å². The predicted molar refractivity (Wildman–Crippen MR) is 85.3 cm³/mol. The average molecular weight is 294 g/mol. The molecule has 1 aromatic rings. The van der Waals surface area contributed by atoms with E-state index in [4.69, 9.17) is 4.74 Å². The first-order valence-corrected chi connectivity index (χ1v) is 7.87. The number of likely N-dealkylation sites (N-methyl/N-ethyl adjacent to an activating group) is 1. The lowest BCUT2D eigenvalue weighted by Crippen LogP contribution is -2.32. The van der Waals surface area contributed by atoms with Gasteiger partial charge in [0, 0.05) is 25.8 Å². The van der Waals surface area contributed by atoms with Crippen LogP contribution in [0, 0.1) is 11.7 Å². The van der Waals surface area contributed by atoms with Crippen LogP contribution in [0.3, 0.4) is 0 Å². The molecule has 3 nitrogen and oxygen atoms in total. The van der Waals surface area contributed by atoms with Crippen LogP contribution in [0.25, 0.3) is 0 Å². The maximum absolute atomic E-state index is 12.9. The van der Waals surface area contributed by atoms with Gasteiger partial charge in [-0.2, -0.15) is 0 Å². The summed E-state index contributed by atoms with van der Waals surface area (Å²) in [6.45, 7) is 7.26. The van der Waals surface area contributed by atoms with Crippen LogP contribution in [0.4, 0.5) is 10.1 Å². The molecule has 0 spiro atoms. The largest absolute Gasteiger partial charge is 0.372 e. The van der Waals surface area contributed by atoms with Gasteiger partial charge in [0.05, 0.1) is 12.2 Å². The summed E-state index contributed by atoms with van der Waals surface area (Å²) in [7, 11) is 2.03. The molecule has 0 bridgehead atoms. The maximum Gasteiger partial charge on any atom is 0.123 e. The van der Waals surface area contributed by atoms with E-state index in [0.717, 1.165) is 38.2 Å². The van der Waals surface area contributed by atoms with Gasteiger partial charge < -0.3 is 15.0 Å². The number of rotatable bonds is 7. The van der Waals surface area contributed by atoms with Crippen molar-refractivity contribution >= 4 is 5.69 Å². The van der Waals surface area contributed by atoms with Crippen LogP contribution < -0.4 is 10.2 Å². The number of halogens is 1. The van der Waals surface area contributed by atoms with Crippen LogP contribution in [0.5, 0.6) is 0 Å². The summed E-state index contributed by atoms with van der Waals surface area (Å²) in [5.41, 5.74) is 1.03. The fourth-order valence-corrected chi connectivity index (χ4v) is 2.70. The molecule has 2 atom stereocenters. The minimum absolute atomic E-state index is 0.194. The smallest absolute Gasteiger partial charge is 0.123 e. The molecule has 2 unspecified atom stereocenters. The molecule has 0 aromatic heterocycles. The predicted octanol–water partition coefficient (Wildman–Crippen LogP) is 3.06. The number of anilines is 1. The highest BCUT2D eigenvalue weighted by molar-refractivity contribution is 5.45. The van der Waals surface area contributed by atoms with Crippen molar-refractivity contribution in [2.24, 2.45) is 5.92 Å². The van der Waals surface area contributed by atoms with E-state index in [1.54, 1.807) is 0 Å². The van der Waals surface area contributed by atoms with E-state index in [9.17, 15) is 4.39 Å². The molecule has 1 saturated heterocycles. The van der Waals surface area contributed by atoms with Gasteiger partial charge in [-0.15, -0.1) is 0 Å². The first kappa shape index (κ1) is 16.2. The molecule has 21 heavy (non-hydrogen) atoms. The number of nitrogens with zero attached hydrogens (tertiary/aromatic N) is 1. The van der Waals surface area contributed by atoms with Crippen molar-refractivity contribution in [2.75, 3.05) is 31.6 Å². The van der Waals surface area contributed by atoms with E-state index >= 15 is 0 Å². The second-order valence-electron chi connectivity index (χ2n) is 6.37. The zero-order valence-electron chi connectivity index (χ0n) is 13.3. The molecule has 4 heteroatoms. The fourth-order valence-electron chi connectivity index (χ4n) is 2.70. The van der Waals surface area contributed by atoms with Crippen LogP contribution in [0.15, 0.2) is 24.3 Å². The summed E-state index contributed by atoms with van der Waals surface area (Å²) >= 11 is 0. The summed E-state index contributed by atoms with van der Waals surface area (Å²) in [6, 6.07) is 6.62. The molecule has 0 amide bonds. The van der Waals surface area contributed by atoms with Crippen molar-refractivity contribution in [3.63, 3.8) is 0 Å². The van der Waals surface area contributed by atoms with E-state index in [2.05, 4.69) is 24.1 Å². The molecule has 2 rings (SSSR count). The number of benzene rings is 1. The molecular weight excluding hydrogens is 267 g/mol. The highest BCUT2D eigenvalue weighted by atomic mass is 19.1. The van der Waals surface area contributed by atoms with E-state index in [1.165, 1.54) is 12.1 Å². The van der Waals surface area contributed by atoms with E-state index in [-0.39, 0.29) is 11.9 Å². The Balaban J connectivity index is 1.73. The lowest BCUT2D eigenvalue weighted by Gasteiger charge is -2.23. The van der Waals surface area contributed by atoms with Crippen LogP contribution in [0.2, 0.25) is 0 Å². The molecule has 1 aliphatic rings. The van der Waals surface area contributed by atoms with Crippen molar-refractivity contribution in [2.45, 2.75) is 38.9 Å². The van der Waals surface area contributed by atoms with Gasteiger partial charge in [0.1, 0.15) is 5.82 Å². The quantitative estimate of drug-likeness (QED) is 0.836. The Morgan fingerprint density at radius 3 is 2.57 bits per heavy atom. The molecular formula is C17H27FN2O. The van der Waals surface area contributed by atoms with Crippen molar-refractivity contribution in [1.82, 2.24) is 5.32 Å². The summed E-state index contributed by atoms with van der Waals surface area (Å²) in [6.07, 6.45) is 2.81. The molecule has 118 valence electrons. The van der Waals surface area contributed by atoms with E-state index in [0.29, 0.717) is 12.0 Å². The molecule has 0 radical (unpaired) electrons. The summed E-state index contributed by atoms with van der Waals surface area (Å²) in [4.78, 5) is 2.13. The Hall–Kier alpha value is -1.13. The Morgan fingerprint density at radius 1 is 1.24 bits per heavy atom. The van der Waals surface area contributed by atoms with Gasteiger partial charge in [0.15, 0.2) is 0 Å². The third-order valence-electron chi connectivity index (χ3n) is 3.87. The van der Waals surface area contributed by atoms with Gasteiger partial charge >= 0.3 is 0 Å². The van der Waals surface area contributed by atoms with E-state index < -0.39 is 0 Å². The average Bonchev–Trinajstić information content (AvgIpc) is 2.86. The van der Waals surface area contributed by atoms with Gasteiger partial charge in [-0.3, -0.25) is 0 Å². The third kappa shape index (κ3) is 5.29. The third-order valence-corrected chi connectivity index (χ3v) is 3.87. The van der Waals surface area contributed by atoms with Crippen molar-refractivity contribution in [3.05, 3.63) is 30.1 Å². The summed E-state index contributed by atoms with van der Waals surface area (Å²) < 4.78 is 19.0. The van der Waals surface area contributed by atoms with Crippen LogP contribution in [0.1, 0.15) is 26.7 Å². The summed E-state index contributed by atoms with van der Waals surface area (Å²) in [5, 5.41) is 3.46. The highest BCUT2D eigenvalue weighted by Crippen LogP contribution is 2.22. The first-order valence-electron chi connectivity index (χ1n) is 7.87. The second-order valence-corrected chi connectivity index (χ2v) is 6.37. The normalized spacial score (nSPS) is 22.0. The fraction of sp³-hybridized carbons (Fsp3) is 0.647. The minimum atomic E-state index is -0.194. The van der Waals surface area contributed by atoms with Gasteiger partial charge in [-0.25, -0.2) is 4.39 Å².